The minimum absolute atomic E-state index is 0.202. The first-order valence-electron chi connectivity index (χ1n) is 6.95. The summed E-state index contributed by atoms with van der Waals surface area (Å²) in [7, 11) is 0. The summed E-state index contributed by atoms with van der Waals surface area (Å²) in [5.74, 6) is 0.944. The normalized spacial score (nSPS) is 14.9. The molecule has 1 heteroatoms. The van der Waals surface area contributed by atoms with Crippen LogP contribution in [0.5, 0.6) is 0 Å². The van der Waals surface area contributed by atoms with E-state index in [2.05, 4.69) is 45.0 Å². The van der Waals surface area contributed by atoms with E-state index >= 15 is 0 Å². The lowest BCUT2D eigenvalue weighted by molar-refractivity contribution is 0.109. The highest BCUT2D eigenvalue weighted by molar-refractivity contribution is 5.20. The number of aliphatic hydroxyl groups excluding tert-OH is 1. The van der Waals surface area contributed by atoms with Crippen molar-refractivity contribution in [3.05, 3.63) is 35.9 Å². The summed E-state index contributed by atoms with van der Waals surface area (Å²) >= 11 is 0. The predicted molar refractivity (Wildman–Crippen MR) is 74.2 cm³/mol. The van der Waals surface area contributed by atoms with Crippen molar-refractivity contribution >= 4 is 0 Å². The first kappa shape index (κ1) is 14.2. The molecule has 1 rings (SSSR count). The molecular weight excluding hydrogens is 208 g/mol. The summed E-state index contributed by atoms with van der Waals surface area (Å²) in [6.07, 6.45) is 4.07. The van der Waals surface area contributed by atoms with Crippen LogP contribution >= 0.6 is 0 Å². The van der Waals surface area contributed by atoms with Gasteiger partial charge in [0, 0.05) is 5.92 Å². The Morgan fingerprint density at radius 2 is 1.53 bits per heavy atom. The van der Waals surface area contributed by atoms with E-state index in [1.807, 2.05) is 6.07 Å². The van der Waals surface area contributed by atoms with E-state index in [1.54, 1.807) is 0 Å². The molecule has 0 fully saturated rings. The fourth-order valence-electron chi connectivity index (χ4n) is 2.56. The third-order valence-electron chi connectivity index (χ3n) is 3.86. The number of rotatable bonds is 7. The Labute approximate surface area is 106 Å². The van der Waals surface area contributed by atoms with Gasteiger partial charge in [0.2, 0.25) is 0 Å². The summed E-state index contributed by atoms with van der Waals surface area (Å²) in [6.45, 7) is 6.59. The van der Waals surface area contributed by atoms with Crippen LogP contribution in [0.2, 0.25) is 0 Å². The fourth-order valence-corrected chi connectivity index (χ4v) is 2.56. The molecule has 1 nitrogen and oxygen atoms in total. The van der Waals surface area contributed by atoms with E-state index in [0.717, 1.165) is 12.8 Å². The highest BCUT2D eigenvalue weighted by Gasteiger charge is 2.21. The van der Waals surface area contributed by atoms with Gasteiger partial charge >= 0.3 is 0 Å². The summed E-state index contributed by atoms with van der Waals surface area (Å²) in [5.41, 5.74) is 1.27. The van der Waals surface area contributed by atoms with Crippen molar-refractivity contribution in [2.24, 2.45) is 5.92 Å². The summed E-state index contributed by atoms with van der Waals surface area (Å²) < 4.78 is 0. The average Bonchev–Trinajstić information content (AvgIpc) is 2.38. The zero-order valence-electron chi connectivity index (χ0n) is 11.4. The van der Waals surface area contributed by atoms with Crippen LogP contribution in [0.15, 0.2) is 30.3 Å². The van der Waals surface area contributed by atoms with Crippen molar-refractivity contribution in [3.8, 4) is 0 Å². The largest absolute Gasteiger partial charge is 0.392 e. The van der Waals surface area contributed by atoms with Gasteiger partial charge in [0.05, 0.1) is 6.10 Å². The lowest BCUT2D eigenvalue weighted by Gasteiger charge is -2.25. The fraction of sp³-hybridized carbons (Fsp3) is 0.625. The van der Waals surface area contributed by atoms with Crippen LogP contribution < -0.4 is 0 Å². The number of hydrogen-bond donors (Lipinski definition) is 1. The van der Waals surface area contributed by atoms with Gasteiger partial charge in [-0.05, 0) is 24.3 Å². The molecule has 0 aliphatic carbocycles. The maximum atomic E-state index is 10.4. The van der Waals surface area contributed by atoms with Crippen molar-refractivity contribution in [1.82, 2.24) is 0 Å². The minimum Gasteiger partial charge on any atom is -0.392 e. The van der Waals surface area contributed by atoms with Crippen molar-refractivity contribution in [1.29, 1.82) is 0 Å². The molecule has 0 bridgehead atoms. The van der Waals surface area contributed by atoms with Crippen LogP contribution in [0.4, 0.5) is 0 Å². The highest BCUT2D eigenvalue weighted by atomic mass is 16.3. The monoisotopic (exact) mass is 234 g/mol. The lowest BCUT2D eigenvalue weighted by Crippen LogP contribution is -2.21. The molecule has 96 valence electrons. The van der Waals surface area contributed by atoms with Gasteiger partial charge in [0.25, 0.3) is 0 Å². The van der Waals surface area contributed by atoms with E-state index in [0.29, 0.717) is 5.92 Å². The van der Waals surface area contributed by atoms with Gasteiger partial charge in [-0.1, -0.05) is 63.9 Å². The van der Waals surface area contributed by atoms with Gasteiger partial charge in [-0.25, -0.2) is 0 Å². The van der Waals surface area contributed by atoms with Crippen LogP contribution in [0.1, 0.15) is 57.9 Å². The molecule has 0 aliphatic heterocycles. The molecule has 0 radical (unpaired) electrons. The third-order valence-corrected chi connectivity index (χ3v) is 3.86. The first-order valence-corrected chi connectivity index (χ1v) is 6.95. The quantitative estimate of drug-likeness (QED) is 0.743. The Hall–Kier alpha value is -0.820. The van der Waals surface area contributed by atoms with Crippen molar-refractivity contribution in [2.45, 2.75) is 58.5 Å². The molecule has 1 N–H and O–H groups in total. The van der Waals surface area contributed by atoms with E-state index in [1.165, 1.54) is 18.4 Å². The molecule has 0 saturated carbocycles. The maximum absolute atomic E-state index is 10.4. The van der Waals surface area contributed by atoms with Crippen LogP contribution in [0.25, 0.3) is 0 Å². The number of aliphatic hydroxyl groups is 1. The standard InChI is InChI=1S/C16H26O/c1-4-13(5-2)12-16(17)15(6-3)14-10-8-7-9-11-14/h7-11,13,15-17H,4-6,12H2,1-3H3. The van der Waals surface area contributed by atoms with E-state index in [9.17, 15) is 5.11 Å². The van der Waals surface area contributed by atoms with Gasteiger partial charge < -0.3 is 5.11 Å². The molecule has 0 amide bonds. The Balaban J connectivity index is 2.67. The van der Waals surface area contributed by atoms with Crippen molar-refractivity contribution < 1.29 is 5.11 Å². The van der Waals surface area contributed by atoms with Crippen LogP contribution in [0, 0.1) is 5.92 Å². The lowest BCUT2D eigenvalue weighted by atomic mass is 9.84. The second-order valence-corrected chi connectivity index (χ2v) is 4.91. The molecule has 1 aromatic rings. The molecule has 0 spiro atoms. The van der Waals surface area contributed by atoms with Gasteiger partial charge in [-0.3, -0.25) is 0 Å². The summed E-state index contributed by atoms with van der Waals surface area (Å²) in [4.78, 5) is 0. The predicted octanol–water partition coefficient (Wildman–Crippen LogP) is 4.37. The minimum atomic E-state index is -0.202. The molecule has 0 heterocycles. The van der Waals surface area contributed by atoms with Crippen LogP contribution in [-0.2, 0) is 0 Å². The Kier molecular flexibility index (Phi) is 6.28. The molecular formula is C16H26O. The zero-order chi connectivity index (χ0) is 12.7. The molecule has 0 aromatic heterocycles. The highest BCUT2D eigenvalue weighted by Crippen LogP contribution is 2.28. The number of benzene rings is 1. The topological polar surface area (TPSA) is 20.2 Å². The molecule has 1 aromatic carbocycles. The van der Waals surface area contributed by atoms with Gasteiger partial charge in [-0.2, -0.15) is 0 Å². The second kappa shape index (κ2) is 7.50. The van der Waals surface area contributed by atoms with Gasteiger partial charge in [0.1, 0.15) is 0 Å². The summed E-state index contributed by atoms with van der Waals surface area (Å²) in [5, 5.41) is 10.4. The van der Waals surface area contributed by atoms with E-state index < -0.39 is 0 Å². The van der Waals surface area contributed by atoms with Crippen molar-refractivity contribution in [2.75, 3.05) is 0 Å². The Bertz CT molecular complexity index is 290. The molecule has 2 unspecified atom stereocenters. The molecule has 2 atom stereocenters. The Morgan fingerprint density at radius 3 is 2.00 bits per heavy atom. The molecule has 17 heavy (non-hydrogen) atoms. The molecule has 0 aliphatic rings. The van der Waals surface area contributed by atoms with Crippen LogP contribution in [-0.4, -0.2) is 11.2 Å². The van der Waals surface area contributed by atoms with E-state index in [-0.39, 0.29) is 12.0 Å². The number of hydrogen-bond acceptors (Lipinski definition) is 1. The van der Waals surface area contributed by atoms with Gasteiger partial charge in [0.15, 0.2) is 0 Å². The smallest absolute Gasteiger partial charge is 0.0611 e. The van der Waals surface area contributed by atoms with Gasteiger partial charge in [-0.15, -0.1) is 0 Å². The van der Waals surface area contributed by atoms with E-state index in [4.69, 9.17) is 0 Å². The Morgan fingerprint density at radius 1 is 0.941 bits per heavy atom. The molecule has 0 saturated heterocycles. The maximum Gasteiger partial charge on any atom is 0.0611 e. The van der Waals surface area contributed by atoms with Crippen molar-refractivity contribution in [3.63, 3.8) is 0 Å². The SMILES string of the molecule is CCC(CC)CC(O)C(CC)c1ccccc1. The third kappa shape index (κ3) is 4.16. The van der Waals surface area contributed by atoms with Crippen LogP contribution in [0.3, 0.4) is 0 Å². The first-order chi connectivity index (χ1) is 8.22. The zero-order valence-corrected chi connectivity index (χ0v) is 11.4. The summed E-state index contributed by atoms with van der Waals surface area (Å²) in [6, 6.07) is 10.4. The second-order valence-electron chi connectivity index (χ2n) is 4.91. The average molecular weight is 234 g/mol.